The fourth-order valence-electron chi connectivity index (χ4n) is 1.25. The van der Waals surface area contributed by atoms with Gasteiger partial charge in [-0.15, -0.1) is 3.89 Å². The van der Waals surface area contributed by atoms with Gasteiger partial charge in [-0.05, 0) is 37.1 Å². The van der Waals surface area contributed by atoms with Crippen molar-refractivity contribution in [2.45, 2.75) is 18.7 Å². The molecule has 0 aliphatic rings. The van der Waals surface area contributed by atoms with Crippen LogP contribution < -0.4 is 4.74 Å². The highest BCUT2D eigenvalue weighted by atomic mass is 32.3. The predicted octanol–water partition coefficient (Wildman–Crippen LogP) is 1.97. The fourth-order valence-corrected chi connectivity index (χ4v) is 2.01. The van der Waals surface area contributed by atoms with Crippen molar-refractivity contribution in [3.63, 3.8) is 0 Å². The highest BCUT2D eigenvalue weighted by molar-refractivity contribution is 7.86. The van der Waals surface area contributed by atoms with Gasteiger partial charge in [-0.25, -0.2) is 0 Å². The second kappa shape index (κ2) is 3.57. The summed E-state index contributed by atoms with van der Waals surface area (Å²) in [7, 11) is -3.16. The summed E-state index contributed by atoms with van der Waals surface area (Å²) in [5.41, 5.74) is 0.935. The molecule has 0 fully saturated rings. The van der Waals surface area contributed by atoms with Crippen LogP contribution in [0.4, 0.5) is 3.89 Å². The molecule has 0 saturated heterocycles. The Morgan fingerprint density at radius 1 is 1.21 bits per heavy atom. The first-order chi connectivity index (χ1) is 6.36. The van der Waals surface area contributed by atoms with E-state index in [1.165, 1.54) is 26.2 Å². The van der Waals surface area contributed by atoms with Crippen molar-refractivity contribution >= 4 is 10.2 Å². The minimum absolute atomic E-state index is 0.296. The number of hydrogen-bond acceptors (Lipinski definition) is 3. The molecule has 0 atom stereocenters. The lowest BCUT2D eigenvalue weighted by molar-refractivity contribution is 0.411. The zero-order valence-electron chi connectivity index (χ0n) is 8.17. The Labute approximate surface area is 82.7 Å². The van der Waals surface area contributed by atoms with Crippen LogP contribution in [0.15, 0.2) is 17.0 Å². The first kappa shape index (κ1) is 11.0. The van der Waals surface area contributed by atoms with Crippen molar-refractivity contribution in [1.29, 1.82) is 0 Å². The fraction of sp³-hybridized carbons (Fsp3) is 0.333. The highest BCUT2D eigenvalue weighted by Gasteiger charge is 2.16. The monoisotopic (exact) mass is 218 g/mol. The summed E-state index contributed by atoms with van der Waals surface area (Å²) in [4.78, 5) is -0.296. The van der Waals surface area contributed by atoms with Crippen LogP contribution in [0.1, 0.15) is 11.1 Å². The molecule has 0 unspecified atom stereocenters. The van der Waals surface area contributed by atoms with Crippen molar-refractivity contribution < 1.29 is 17.0 Å². The number of rotatable bonds is 2. The second-order valence-corrected chi connectivity index (χ2v) is 4.34. The SMILES string of the molecule is COc1cc(C)c(S(=O)(=O)F)cc1C. The molecule has 0 spiro atoms. The minimum atomic E-state index is -4.64. The van der Waals surface area contributed by atoms with Crippen molar-refractivity contribution in [3.8, 4) is 5.75 Å². The molecule has 0 saturated carbocycles. The summed E-state index contributed by atoms with van der Waals surface area (Å²) in [6.07, 6.45) is 0. The van der Waals surface area contributed by atoms with Crippen molar-refractivity contribution in [2.24, 2.45) is 0 Å². The maximum absolute atomic E-state index is 12.7. The third-order valence-electron chi connectivity index (χ3n) is 1.96. The van der Waals surface area contributed by atoms with Crippen molar-refractivity contribution in [2.75, 3.05) is 7.11 Å². The third kappa shape index (κ3) is 2.04. The van der Waals surface area contributed by atoms with Gasteiger partial charge in [0.15, 0.2) is 0 Å². The number of halogens is 1. The number of hydrogen-bond donors (Lipinski definition) is 0. The largest absolute Gasteiger partial charge is 0.496 e. The normalized spacial score (nSPS) is 11.4. The molecule has 14 heavy (non-hydrogen) atoms. The standard InChI is InChI=1S/C9H11FO3S/c1-6-5-9(14(10,11)12)7(2)4-8(6)13-3/h4-5H,1-3H3. The van der Waals surface area contributed by atoms with Gasteiger partial charge in [-0.2, -0.15) is 8.42 Å². The highest BCUT2D eigenvalue weighted by Crippen LogP contribution is 2.26. The van der Waals surface area contributed by atoms with E-state index in [1.807, 2.05) is 0 Å². The molecule has 0 bridgehead atoms. The maximum Gasteiger partial charge on any atom is 0.332 e. The molecule has 1 rings (SSSR count). The van der Waals surface area contributed by atoms with E-state index in [9.17, 15) is 12.3 Å². The van der Waals surface area contributed by atoms with E-state index in [1.54, 1.807) is 6.92 Å². The van der Waals surface area contributed by atoms with E-state index in [0.29, 0.717) is 16.9 Å². The van der Waals surface area contributed by atoms with Gasteiger partial charge in [0.2, 0.25) is 0 Å². The molecule has 5 heteroatoms. The molecule has 0 aliphatic heterocycles. The molecule has 1 aromatic carbocycles. The Bertz CT molecular complexity index is 451. The number of methoxy groups -OCH3 is 1. The van der Waals surface area contributed by atoms with E-state index < -0.39 is 10.2 Å². The van der Waals surface area contributed by atoms with Gasteiger partial charge in [0.05, 0.1) is 7.11 Å². The van der Waals surface area contributed by atoms with Crippen molar-refractivity contribution in [3.05, 3.63) is 23.3 Å². The van der Waals surface area contributed by atoms with Crippen LogP contribution in [0.2, 0.25) is 0 Å². The molecule has 78 valence electrons. The van der Waals surface area contributed by atoms with Crippen LogP contribution in [0.3, 0.4) is 0 Å². The van der Waals surface area contributed by atoms with Crippen molar-refractivity contribution in [1.82, 2.24) is 0 Å². The zero-order valence-corrected chi connectivity index (χ0v) is 8.98. The van der Waals surface area contributed by atoms with Crippen LogP contribution in [0.25, 0.3) is 0 Å². The summed E-state index contributed by atoms with van der Waals surface area (Å²) in [6.45, 7) is 3.18. The molecule has 0 aromatic heterocycles. The molecule has 0 N–H and O–H groups in total. The van der Waals surface area contributed by atoms with E-state index in [2.05, 4.69) is 0 Å². The second-order valence-electron chi connectivity index (χ2n) is 3.03. The number of benzene rings is 1. The topological polar surface area (TPSA) is 43.4 Å². The predicted molar refractivity (Wildman–Crippen MR) is 50.8 cm³/mol. The van der Waals surface area contributed by atoms with Gasteiger partial charge < -0.3 is 4.74 Å². The van der Waals surface area contributed by atoms with Gasteiger partial charge in [0, 0.05) is 0 Å². The van der Waals surface area contributed by atoms with Crippen LogP contribution in [-0.4, -0.2) is 15.5 Å². The lowest BCUT2D eigenvalue weighted by atomic mass is 10.1. The summed E-state index contributed by atoms with van der Waals surface area (Å²) in [6, 6.07) is 2.77. The van der Waals surface area contributed by atoms with E-state index >= 15 is 0 Å². The van der Waals surface area contributed by atoms with Crippen LogP contribution in [-0.2, 0) is 10.2 Å². The third-order valence-corrected chi connectivity index (χ3v) is 2.92. The van der Waals surface area contributed by atoms with Gasteiger partial charge in [-0.3, -0.25) is 0 Å². The molecule has 0 heterocycles. The van der Waals surface area contributed by atoms with E-state index in [4.69, 9.17) is 4.74 Å². The summed E-state index contributed by atoms with van der Waals surface area (Å²) < 4.78 is 39.1. The van der Waals surface area contributed by atoms with Crippen LogP contribution >= 0.6 is 0 Å². The Kier molecular flexibility index (Phi) is 2.80. The molecule has 1 aromatic rings. The Morgan fingerprint density at radius 2 is 1.79 bits per heavy atom. The van der Waals surface area contributed by atoms with E-state index in [-0.39, 0.29) is 4.90 Å². The first-order valence-corrected chi connectivity index (χ1v) is 5.34. The van der Waals surface area contributed by atoms with Gasteiger partial charge >= 0.3 is 10.2 Å². The van der Waals surface area contributed by atoms with E-state index in [0.717, 1.165) is 0 Å². The van der Waals surface area contributed by atoms with Gasteiger partial charge in [0.1, 0.15) is 10.6 Å². The molecular weight excluding hydrogens is 207 g/mol. The Balaban J connectivity index is 3.44. The maximum atomic E-state index is 12.7. The van der Waals surface area contributed by atoms with Crippen LogP contribution in [0.5, 0.6) is 5.75 Å². The summed E-state index contributed by atoms with van der Waals surface area (Å²) in [5.74, 6) is 0.551. The van der Waals surface area contributed by atoms with Crippen LogP contribution in [0, 0.1) is 13.8 Å². The molecule has 0 radical (unpaired) electrons. The lowest BCUT2D eigenvalue weighted by Gasteiger charge is -2.08. The molecule has 0 amide bonds. The Morgan fingerprint density at radius 3 is 2.21 bits per heavy atom. The first-order valence-electron chi connectivity index (χ1n) is 3.96. The zero-order chi connectivity index (χ0) is 10.9. The Hall–Kier alpha value is -1.10. The molecule has 0 aliphatic carbocycles. The average Bonchev–Trinajstić information content (AvgIpc) is 2.06. The summed E-state index contributed by atoms with van der Waals surface area (Å²) >= 11 is 0. The quantitative estimate of drug-likeness (QED) is 0.713. The smallest absolute Gasteiger partial charge is 0.332 e. The van der Waals surface area contributed by atoms with Gasteiger partial charge in [-0.1, -0.05) is 0 Å². The molecule has 3 nitrogen and oxygen atoms in total. The average molecular weight is 218 g/mol. The minimum Gasteiger partial charge on any atom is -0.496 e. The number of ether oxygens (including phenoxy) is 1. The lowest BCUT2D eigenvalue weighted by Crippen LogP contribution is -1.98. The summed E-state index contributed by atoms with van der Waals surface area (Å²) in [5, 5.41) is 0. The van der Waals surface area contributed by atoms with Gasteiger partial charge in [0.25, 0.3) is 0 Å². The molecular formula is C9H11FO3S. The number of aryl methyl sites for hydroxylation is 2.